The molecule has 0 amide bonds. The van der Waals surface area contributed by atoms with Crippen molar-refractivity contribution < 1.29 is 9.84 Å². The van der Waals surface area contributed by atoms with Crippen LogP contribution >= 0.6 is 46.4 Å². The number of aromatic nitrogens is 4. The summed E-state index contributed by atoms with van der Waals surface area (Å²) in [5.41, 5.74) is 0.889. The van der Waals surface area contributed by atoms with Gasteiger partial charge in [0.15, 0.2) is 20.6 Å². The molecule has 27 heavy (non-hydrogen) atoms. The molecule has 0 aromatic carbocycles. The van der Waals surface area contributed by atoms with E-state index in [-0.39, 0.29) is 22.3 Å². The highest BCUT2D eigenvalue weighted by Gasteiger charge is 2.25. The summed E-state index contributed by atoms with van der Waals surface area (Å²) in [4.78, 5) is 0. The average molecular weight is 456 g/mol. The van der Waals surface area contributed by atoms with Gasteiger partial charge in [0, 0.05) is 29.1 Å². The summed E-state index contributed by atoms with van der Waals surface area (Å²) >= 11 is 23.2. The normalized spacial score (nSPS) is 11.8. The number of aliphatic hydroxyl groups excluding tert-OH is 1. The molecule has 150 valence electrons. The Morgan fingerprint density at radius 2 is 1.22 bits per heavy atom. The first-order valence-electron chi connectivity index (χ1n) is 7.93. The Kier molecular flexibility index (Phi) is 9.12. The molecule has 10 heteroatoms. The number of methoxy groups -OCH3 is 1. The predicted octanol–water partition coefficient (Wildman–Crippen LogP) is 4.76. The first-order chi connectivity index (χ1) is 12.4. The lowest BCUT2D eigenvalue weighted by Crippen LogP contribution is -2.24. The van der Waals surface area contributed by atoms with E-state index < -0.39 is 5.41 Å². The average Bonchev–Trinajstić information content (AvgIpc) is 2.59. The van der Waals surface area contributed by atoms with Gasteiger partial charge in [-0.25, -0.2) is 0 Å². The van der Waals surface area contributed by atoms with Crippen molar-refractivity contribution in [1.29, 1.82) is 0 Å². The quantitative estimate of drug-likeness (QED) is 0.699. The molecule has 0 aliphatic rings. The third kappa shape index (κ3) is 6.97. The number of hydrogen-bond acceptors (Lipinski definition) is 6. The van der Waals surface area contributed by atoms with Gasteiger partial charge in [-0.15, -0.1) is 20.4 Å². The van der Waals surface area contributed by atoms with Crippen LogP contribution in [-0.2, 0) is 15.6 Å². The standard InChI is InChI=1S/C9H12Cl2N2O.C8H10Cl2N2O/c1-9(2,5-14-3)6-4-7(10)12-13-8(6)11;1-8(2,4-13)5-3-6(9)11-12-7(5)10/h4H,5H2,1-3H3;3,13H,4H2,1-2H3. The molecule has 0 fully saturated rings. The van der Waals surface area contributed by atoms with E-state index in [0.29, 0.717) is 22.5 Å². The Hall–Kier alpha value is -0.760. The first kappa shape index (κ1) is 24.3. The number of ether oxygens (including phenoxy) is 1. The van der Waals surface area contributed by atoms with Gasteiger partial charge in [0.2, 0.25) is 0 Å². The summed E-state index contributed by atoms with van der Waals surface area (Å²) in [6.07, 6.45) is 0. The fraction of sp³-hybridized carbons (Fsp3) is 0.529. The lowest BCUT2D eigenvalue weighted by molar-refractivity contribution is 0.146. The SMILES string of the molecule is CC(C)(CO)c1cc(Cl)nnc1Cl.COCC(C)(C)c1cc(Cl)nnc1Cl. The number of rotatable bonds is 5. The predicted molar refractivity (Wildman–Crippen MR) is 109 cm³/mol. The summed E-state index contributed by atoms with van der Waals surface area (Å²) in [5, 5.41) is 25.1. The smallest absolute Gasteiger partial charge is 0.155 e. The molecule has 0 saturated carbocycles. The molecule has 1 N–H and O–H groups in total. The fourth-order valence-electron chi connectivity index (χ4n) is 2.18. The molecular formula is C17H22Cl4N4O2. The van der Waals surface area contributed by atoms with Crippen molar-refractivity contribution in [1.82, 2.24) is 20.4 Å². The maximum absolute atomic E-state index is 9.11. The van der Waals surface area contributed by atoms with Gasteiger partial charge in [0.1, 0.15) is 0 Å². The van der Waals surface area contributed by atoms with Crippen LogP contribution in [0.4, 0.5) is 0 Å². The van der Waals surface area contributed by atoms with Gasteiger partial charge < -0.3 is 9.84 Å². The summed E-state index contributed by atoms with van der Waals surface area (Å²) in [6.45, 7) is 8.26. The van der Waals surface area contributed by atoms with Crippen molar-refractivity contribution in [2.75, 3.05) is 20.3 Å². The second-order valence-electron chi connectivity index (χ2n) is 7.10. The van der Waals surface area contributed by atoms with E-state index in [9.17, 15) is 0 Å². The molecule has 2 rings (SSSR count). The molecule has 6 nitrogen and oxygen atoms in total. The topological polar surface area (TPSA) is 81.0 Å². The van der Waals surface area contributed by atoms with Gasteiger partial charge in [-0.3, -0.25) is 0 Å². The monoisotopic (exact) mass is 454 g/mol. The minimum atomic E-state index is -0.448. The summed E-state index contributed by atoms with van der Waals surface area (Å²) in [5.74, 6) is 0. The minimum Gasteiger partial charge on any atom is -0.395 e. The third-order valence-electron chi connectivity index (χ3n) is 3.80. The number of nitrogens with zero attached hydrogens (tertiary/aromatic N) is 4. The highest BCUT2D eigenvalue weighted by Crippen LogP contribution is 2.30. The van der Waals surface area contributed by atoms with E-state index >= 15 is 0 Å². The van der Waals surface area contributed by atoms with Crippen LogP contribution < -0.4 is 0 Å². The second-order valence-corrected chi connectivity index (χ2v) is 8.59. The van der Waals surface area contributed by atoms with Crippen molar-refractivity contribution in [2.45, 2.75) is 38.5 Å². The summed E-state index contributed by atoms with van der Waals surface area (Å²) in [7, 11) is 1.64. The lowest BCUT2D eigenvalue weighted by Gasteiger charge is -2.24. The van der Waals surface area contributed by atoms with Crippen molar-refractivity contribution in [3.63, 3.8) is 0 Å². The molecule has 0 bridgehead atoms. The molecule has 2 aromatic rings. The molecule has 0 atom stereocenters. The second kappa shape index (κ2) is 10.1. The Labute approximate surface area is 179 Å². The lowest BCUT2D eigenvalue weighted by atomic mass is 9.87. The van der Waals surface area contributed by atoms with Crippen LogP contribution in [0.2, 0.25) is 20.6 Å². The zero-order chi connectivity index (χ0) is 20.8. The van der Waals surface area contributed by atoms with E-state index in [2.05, 4.69) is 20.4 Å². The van der Waals surface area contributed by atoms with E-state index in [1.807, 2.05) is 27.7 Å². The van der Waals surface area contributed by atoms with Gasteiger partial charge in [-0.2, -0.15) is 0 Å². The molecule has 0 spiro atoms. The fourth-order valence-corrected chi connectivity index (χ4v) is 3.17. The van der Waals surface area contributed by atoms with Crippen LogP contribution in [0.1, 0.15) is 38.8 Å². The highest BCUT2D eigenvalue weighted by atomic mass is 35.5. The van der Waals surface area contributed by atoms with Crippen molar-refractivity contribution in [3.05, 3.63) is 43.9 Å². The molecule has 2 heterocycles. The van der Waals surface area contributed by atoms with Gasteiger partial charge in [0.25, 0.3) is 0 Å². The van der Waals surface area contributed by atoms with Gasteiger partial charge in [-0.1, -0.05) is 74.1 Å². The molecule has 0 aliphatic heterocycles. The highest BCUT2D eigenvalue weighted by molar-refractivity contribution is 6.32. The number of halogens is 4. The van der Waals surface area contributed by atoms with Crippen LogP contribution in [0.5, 0.6) is 0 Å². The van der Waals surface area contributed by atoms with Crippen LogP contribution in [0.15, 0.2) is 12.1 Å². The molecule has 0 aliphatic carbocycles. The van der Waals surface area contributed by atoms with Gasteiger partial charge in [0.05, 0.1) is 13.2 Å². The first-order valence-corrected chi connectivity index (χ1v) is 9.44. The summed E-state index contributed by atoms with van der Waals surface area (Å²) in [6, 6.07) is 3.34. The largest absolute Gasteiger partial charge is 0.395 e. The van der Waals surface area contributed by atoms with Crippen LogP contribution in [0.25, 0.3) is 0 Å². The van der Waals surface area contributed by atoms with E-state index in [0.717, 1.165) is 5.56 Å². The molecular weight excluding hydrogens is 434 g/mol. The van der Waals surface area contributed by atoms with Crippen molar-refractivity contribution >= 4 is 46.4 Å². The Morgan fingerprint density at radius 1 is 0.815 bits per heavy atom. The van der Waals surface area contributed by atoms with Crippen molar-refractivity contribution in [2.24, 2.45) is 0 Å². The van der Waals surface area contributed by atoms with Crippen LogP contribution in [0.3, 0.4) is 0 Å². The Bertz CT molecular complexity index is 773. The minimum absolute atomic E-state index is 0.0191. The van der Waals surface area contributed by atoms with Crippen LogP contribution in [0, 0.1) is 0 Å². The van der Waals surface area contributed by atoms with E-state index in [4.69, 9.17) is 56.2 Å². The van der Waals surface area contributed by atoms with Gasteiger partial charge in [-0.05, 0) is 12.1 Å². The van der Waals surface area contributed by atoms with Gasteiger partial charge >= 0.3 is 0 Å². The summed E-state index contributed by atoms with van der Waals surface area (Å²) < 4.78 is 5.11. The Morgan fingerprint density at radius 3 is 1.59 bits per heavy atom. The van der Waals surface area contributed by atoms with Crippen LogP contribution in [-0.4, -0.2) is 45.8 Å². The Balaban J connectivity index is 0.000000271. The third-order valence-corrected chi connectivity index (χ3v) is 4.72. The van der Waals surface area contributed by atoms with E-state index in [1.54, 1.807) is 19.2 Å². The maximum atomic E-state index is 9.11. The molecule has 2 aromatic heterocycles. The molecule has 0 radical (unpaired) electrons. The van der Waals surface area contributed by atoms with E-state index in [1.165, 1.54) is 0 Å². The number of hydrogen-bond donors (Lipinski definition) is 1. The zero-order valence-electron chi connectivity index (χ0n) is 15.7. The maximum Gasteiger partial charge on any atom is 0.155 e. The van der Waals surface area contributed by atoms with Crippen molar-refractivity contribution in [3.8, 4) is 0 Å². The number of aliphatic hydroxyl groups is 1. The zero-order valence-corrected chi connectivity index (χ0v) is 18.7. The molecule has 0 unspecified atom stereocenters. The molecule has 0 saturated heterocycles.